The van der Waals surface area contributed by atoms with E-state index in [9.17, 15) is 0 Å². The summed E-state index contributed by atoms with van der Waals surface area (Å²) in [5.74, 6) is 2.09. The van der Waals surface area contributed by atoms with Crippen LogP contribution in [0.2, 0.25) is 5.15 Å². The van der Waals surface area contributed by atoms with Gasteiger partial charge < -0.3 is 4.90 Å². The average Bonchev–Trinajstić information content (AvgIpc) is 3.11. The first-order chi connectivity index (χ1) is 8.10. The van der Waals surface area contributed by atoms with Gasteiger partial charge in [-0.3, -0.25) is 0 Å². The van der Waals surface area contributed by atoms with Gasteiger partial charge in [0.1, 0.15) is 16.8 Å². The summed E-state index contributed by atoms with van der Waals surface area (Å²) in [4.78, 5) is 10.7. The summed E-state index contributed by atoms with van der Waals surface area (Å²) in [6, 6.07) is 3.96. The second-order valence-corrected chi connectivity index (χ2v) is 4.98. The van der Waals surface area contributed by atoms with E-state index in [2.05, 4.69) is 16.0 Å². The van der Waals surface area contributed by atoms with Crippen molar-refractivity contribution in [3.8, 4) is 6.07 Å². The molecule has 0 aliphatic heterocycles. The highest BCUT2D eigenvalue weighted by atomic mass is 35.5. The lowest BCUT2D eigenvalue weighted by molar-refractivity contribution is 0.706. The second kappa shape index (κ2) is 4.89. The van der Waals surface area contributed by atoms with Gasteiger partial charge in [0.25, 0.3) is 0 Å². The molecule has 2 rings (SSSR count). The minimum Gasteiger partial charge on any atom is -0.358 e. The Kier molecular flexibility index (Phi) is 3.49. The minimum absolute atomic E-state index is 0.0295. The van der Waals surface area contributed by atoms with Gasteiger partial charge in [0.05, 0.1) is 12.0 Å². The van der Waals surface area contributed by atoms with Crippen molar-refractivity contribution in [2.24, 2.45) is 5.92 Å². The van der Waals surface area contributed by atoms with E-state index in [-0.39, 0.29) is 5.92 Å². The quantitative estimate of drug-likeness (QED) is 0.771. The van der Waals surface area contributed by atoms with Crippen molar-refractivity contribution < 1.29 is 0 Å². The highest BCUT2D eigenvalue weighted by Crippen LogP contribution is 2.39. The van der Waals surface area contributed by atoms with Gasteiger partial charge in [0, 0.05) is 25.6 Å². The summed E-state index contributed by atoms with van der Waals surface area (Å²) in [6.07, 6.45) is 2.30. The van der Waals surface area contributed by atoms with Crippen LogP contribution in [0, 0.1) is 17.2 Å². The maximum Gasteiger partial charge on any atom is 0.135 e. The lowest BCUT2D eigenvalue weighted by atomic mass is 10.2. The Labute approximate surface area is 106 Å². The SMILES string of the molecule is CC(C#N)CN(C)c1cc(Cl)nc(C2CC2)n1. The summed E-state index contributed by atoms with van der Waals surface area (Å²) in [5, 5.41) is 9.28. The van der Waals surface area contributed by atoms with Crippen molar-refractivity contribution in [1.82, 2.24) is 9.97 Å². The van der Waals surface area contributed by atoms with E-state index in [1.54, 1.807) is 6.07 Å². The molecule has 1 heterocycles. The van der Waals surface area contributed by atoms with Crippen LogP contribution in [0.15, 0.2) is 6.07 Å². The molecule has 0 amide bonds. The van der Waals surface area contributed by atoms with Gasteiger partial charge in [0.2, 0.25) is 0 Å². The largest absolute Gasteiger partial charge is 0.358 e. The Morgan fingerprint density at radius 3 is 2.88 bits per heavy atom. The van der Waals surface area contributed by atoms with Crippen molar-refractivity contribution in [3.63, 3.8) is 0 Å². The molecule has 1 saturated carbocycles. The zero-order valence-electron chi connectivity index (χ0n) is 10.0. The van der Waals surface area contributed by atoms with Crippen molar-refractivity contribution in [3.05, 3.63) is 17.0 Å². The number of hydrogen-bond donors (Lipinski definition) is 0. The van der Waals surface area contributed by atoms with Crippen molar-refractivity contribution in [2.75, 3.05) is 18.5 Å². The van der Waals surface area contributed by atoms with Crippen LogP contribution in [0.1, 0.15) is 31.5 Å². The van der Waals surface area contributed by atoms with Crippen molar-refractivity contribution in [2.45, 2.75) is 25.7 Å². The molecule has 5 heteroatoms. The van der Waals surface area contributed by atoms with Crippen LogP contribution in [0.25, 0.3) is 0 Å². The number of nitrogens with zero attached hydrogens (tertiary/aromatic N) is 4. The smallest absolute Gasteiger partial charge is 0.135 e. The molecule has 1 aliphatic rings. The van der Waals surface area contributed by atoms with Crippen molar-refractivity contribution >= 4 is 17.4 Å². The van der Waals surface area contributed by atoms with E-state index >= 15 is 0 Å². The Bertz CT molecular complexity index is 450. The van der Waals surface area contributed by atoms with Gasteiger partial charge in [-0.1, -0.05) is 11.6 Å². The highest BCUT2D eigenvalue weighted by molar-refractivity contribution is 6.29. The van der Waals surface area contributed by atoms with Crippen LogP contribution >= 0.6 is 11.6 Å². The molecule has 0 spiro atoms. The molecule has 4 nitrogen and oxygen atoms in total. The average molecular weight is 251 g/mol. The van der Waals surface area contributed by atoms with Crippen LogP contribution in [0.4, 0.5) is 5.82 Å². The molecular weight excluding hydrogens is 236 g/mol. The lowest BCUT2D eigenvalue weighted by Gasteiger charge is -2.19. The first-order valence-electron chi connectivity index (χ1n) is 5.75. The molecule has 0 aromatic carbocycles. The minimum atomic E-state index is -0.0295. The number of hydrogen-bond acceptors (Lipinski definition) is 4. The zero-order chi connectivity index (χ0) is 12.4. The fraction of sp³-hybridized carbons (Fsp3) is 0.583. The van der Waals surface area contributed by atoms with E-state index in [4.69, 9.17) is 16.9 Å². The van der Waals surface area contributed by atoms with E-state index in [0.717, 1.165) is 24.5 Å². The predicted molar refractivity (Wildman–Crippen MR) is 67.1 cm³/mol. The van der Waals surface area contributed by atoms with Crippen molar-refractivity contribution in [1.29, 1.82) is 5.26 Å². The monoisotopic (exact) mass is 250 g/mol. The van der Waals surface area contributed by atoms with Gasteiger partial charge in [-0.05, 0) is 19.8 Å². The van der Waals surface area contributed by atoms with Gasteiger partial charge >= 0.3 is 0 Å². The number of nitriles is 1. The van der Waals surface area contributed by atoms with Crippen LogP contribution in [-0.2, 0) is 0 Å². The summed E-state index contributed by atoms with van der Waals surface area (Å²) in [6.45, 7) is 2.54. The zero-order valence-corrected chi connectivity index (χ0v) is 10.8. The number of rotatable bonds is 4. The maximum atomic E-state index is 8.80. The molecule has 90 valence electrons. The molecule has 1 aromatic heterocycles. The maximum absolute atomic E-state index is 8.80. The molecule has 0 saturated heterocycles. The van der Waals surface area contributed by atoms with E-state index in [1.807, 2.05) is 18.9 Å². The summed E-state index contributed by atoms with van der Waals surface area (Å²) < 4.78 is 0. The van der Waals surface area contributed by atoms with Gasteiger partial charge in [-0.25, -0.2) is 9.97 Å². The molecule has 1 unspecified atom stereocenters. The Morgan fingerprint density at radius 1 is 1.59 bits per heavy atom. The molecular formula is C12H15ClN4. The lowest BCUT2D eigenvalue weighted by Crippen LogP contribution is -2.24. The summed E-state index contributed by atoms with van der Waals surface area (Å²) >= 11 is 5.99. The first kappa shape index (κ1) is 12.1. The third-order valence-electron chi connectivity index (χ3n) is 2.80. The summed E-state index contributed by atoms with van der Waals surface area (Å²) in [7, 11) is 1.92. The molecule has 0 N–H and O–H groups in total. The van der Waals surface area contributed by atoms with Crippen LogP contribution in [0.5, 0.6) is 0 Å². The van der Waals surface area contributed by atoms with Crippen LogP contribution < -0.4 is 4.90 Å². The number of aromatic nitrogens is 2. The predicted octanol–water partition coefficient (Wildman–Crippen LogP) is 2.60. The highest BCUT2D eigenvalue weighted by Gasteiger charge is 2.27. The molecule has 1 atom stereocenters. The number of halogens is 1. The second-order valence-electron chi connectivity index (χ2n) is 4.59. The molecule has 1 aromatic rings. The third kappa shape index (κ3) is 3.07. The Balaban J connectivity index is 2.16. The molecule has 0 radical (unpaired) electrons. The Morgan fingerprint density at radius 2 is 2.29 bits per heavy atom. The molecule has 1 fully saturated rings. The fourth-order valence-corrected chi connectivity index (χ4v) is 1.87. The summed E-state index contributed by atoms with van der Waals surface area (Å²) in [5.41, 5.74) is 0. The first-order valence-corrected chi connectivity index (χ1v) is 6.13. The number of anilines is 1. The molecule has 1 aliphatic carbocycles. The van der Waals surface area contributed by atoms with Crippen LogP contribution in [-0.4, -0.2) is 23.6 Å². The fourth-order valence-electron chi connectivity index (χ4n) is 1.69. The van der Waals surface area contributed by atoms with Gasteiger partial charge in [0.15, 0.2) is 0 Å². The molecule has 17 heavy (non-hydrogen) atoms. The van der Waals surface area contributed by atoms with Gasteiger partial charge in [-0.15, -0.1) is 0 Å². The topological polar surface area (TPSA) is 52.8 Å². The third-order valence-corrected chi connectivity index (χ3v) is 2.99. The normalized spacial score (nSPS) is 16.4. The molecule has 0 bridgehead atoms. The van der Waals surface area contributed by atoms with E-state index in [1.165, 1.54) is 0 Å². The van der Waals surface area contributed by atoms with E-state index < -0.39 is 0 Å². The van der Waals surface area contributed by atoms with Crippen LogP contribution in [0.3, 0.4) is 0 Å². The standard InChI is InChI=1S/C12H15ClN4/c1-8(6-14)7-17(2)11-5-10(13)15-12(16-11)9-3-4-9/h5,8-9H,3-4,7H2,1-2H3. The van der Waals surface area contributed by atoms with Gasteiger partial charge in [-0.2, -0.15) is 5.26 Å². The Hall–Kier alpha value is -1.34. The van der Waals surface area contributed by atoms with E-state index in [0.29, 0.717) is 17.6 Å².